The fraction of sp³-hybridized carbons (Fsp3) is 0.214. The van der Waals surface area contributed by atoms with Gasteiger partial charge in [0.2, 0.25) is 5.51 Å². The molecule has 0 aliphatic carbocycles. The maximum Gasteiger partial charge on any atom is 0.225 e. The number of nitrogens with zero attached hydrogens (tertiary/aromatic N) is 1. The highest BCUT2D eigenvalue weighted by Crippen LogP contribution is 2.16. The van der Waals surface area contributed by atoms with Crippen LogP contribution >= 0.6 is 11.3 Å². The molecule has 0 aliphatic heterocycles. The molecular weight excluding hydrogens is 230 g/mol. The molecule has 1 aromatic carbocycles. The Labute approximate surface area is 105 Å². The van der Waals surface area contributed by atoms with Gasteiger partial charge in [0.15, 0.2) is 12.2 Å². The molecule has 1 aromatic heterocycles. The first-order chi connectivity index (χ1) is 8.22. The Bertz CT molecular complexity index is 504. The van der Waals surface area contributed by atoms with Gasteiger partial charge >= 0.3 is 0 Å². The van der Waals surface area contributed by atoms with Crippen molar-refractivity contribution < 1.29 is 9.67 Å². The minimum Gasteiger partial charge on any atom is -0.382 e. The van der Waals surface area contributed by atoms with Crippen LogP contribution in [0, 0.1) is 6.92 Å². The van der Waals surface area contributed by atoms with Crippen LogP contribution in [0.15, 0.2) is 42.4 Å². The van der Waals surface area contributed by atoms with Gasteiger partial charge in [0, 0.05) is 6.92 Å². The fourth-order valence-electron chi connectivity index (χ4n) is 1.77. The van der Waals surface area contributed by atoms with E-state index in [2.05, 4.69) is 11.1 Å². The zero-order valence-corrected chi connectivity index (χ0v) is 10.7. The van der Waals surface area contributed by atoms with E-state index < -0.39 is 6.10 Å². The third-order valence-electron chi connectivity index (χ3n) is 2.83. The van der Waals surface area contributed by atoms with E-state index in [9.17, 15) is 5.11 Å². The van der Waals surface area contributed by atoms with Crippen molar-refractivity contribution in [3.05, 3.63) is 58.6 Å². The molecule has 1 unspecified atom stereocenters. The number of rotatable bonds is 4. The molecule has 17 heavy (non-hydrogen) atoms. The first-order valence-corrected chi connectivity index (χ1v) is 6.43. The van der Waals surface area contributed by atoms with Gasteiger partial charge in [-0.05, 0) is 11.6 Å². The predicted molar refractivity (Wildman–Crippen MR) is 70.7 cm³/mol. The summed E-state index contributed by atoms with van der Waals surface area (Å²) in [6.45, 7) is 6.41. The van der Waals surface area contributed by atoms with E-state index in [1.807, 2.05) is 48.8 Å². The summed E-state index contributed by atoms with van der Waals surface area (Å²) in [4.78, 5) is 1.16. The number of hydrogen-bond acceptors (Lipinski definition) is 2. The summed E-state index contributed by atoms with van der Waals surface area (Å²) in [6.07, 6.45) is 1.39. The Kier molecular flexibility index (Phi) is 3.71. The second-order valence-corrected chi connectivity index (χ2v) is 4.84. The molecule has 3 heteroatoms. The Hall–Kier alpha value is -1.45. The lowest BCUT2D eigenvalue weighted by Gasteiger charge is -2.06. The zero-order valence-electron chi connectivity index (χ0n) is 9.84. The fourth-order valence-corrected chi connectivity index (χ4v) is 2.64. The van der Waals surface area contributed by atoms with Gasteiger partial charge in [-0.2, -0.15) is 4.57 Å². The molecule has 1 heterocycles. The summed E-state index contributed by atoms with van der Waals surface area (Å²) >= 11 is 1.65. The monoisotopic (exact) mass is 246 g/mol. The largest absolute Gasteiger partial charge is 0.382 e. The summed E-state index contributed by atoms with van der Waals surface area (Å²) in [5, 5.41) is 10.1. The molecule has 88 valence electrons. The minimum absolute atomic E-state index is 0.466. The van der Waals surface area contributed by atoms with Crippen LogP contribution < -0.4 is 4.57 Å². The van der Waals surface area contributed by atoms with E-state index in [4.69, 9.17) is 0 Å². The van der Waals surface area contributed by atoms with E-state index in [-0.39, 0.29) is 0 Å². The third kappa shape index (κ3) is 2.62. The molecule has 0 radical (unpaired) electrons. The molecule has 0 spiro atoms. The Morgan fingerprint density at radius 3 is 2.71 bits per heavy atom. The van der Waals surface area contributed by atoms with Crippen LogP contribution in [-0.4, -0.2) is 5.11 Å². The quantitative estimate of drug-likeness (QED) is 0.824. The summed E-state index contributed by atoms with van der Waals surface area (Å²) in [6, 6.07) is 9.73. The molecule has 0 bridgehead atoms. The molecule has 0 saturated carbocycles. The van der Waals surface area contributed by atoms with E-state index >= 15 is 0 Å². The van der Waals surface area contributed by atoms with Crippen LogP contribution in [-0.2, 0) is 6.54 Å². The van der Waals surface area contributed by atoms with Crippen molar-refractivity contribution in [2.45, 2.75) is 19.6 Å². The van der Waals surface area contributed by atoms with Crippen molar-refractivity contribution in [3.8, 4) is 0 Å². The summed E-state index contributed by atoms with van der Waals surface area (Å²) in [7, 11) is 0. The van der Waals surface area contributed by atoms with Crippen molar-refractivity contribution in [3.63, 3.8) is 0 Å². The van der Waals surface area contributed by atoms with Crippen molar-refractivity contribution in [1.29, 1.82) is 0 Å². The van der Waals surface area contributed by atoms with Gasteiger partial charge in [-0.15, -0.1) is 0 Å². The van der Waals surface area contributed by atoms with Gasteiger partial charge in [-0.25, -0.2) is 0 Å². The standard InChI is InChI=1S/C14H16NOS/c1-3-14-11(2)15(10-17-14)9-13(16)12-7-5-4-6-8-12/h3-8,10,13,16H,1,9H2,2H3/q+1. The van der Waals surface area contributed by atoms with E-state index in [0.29, 0.717) is 6.54 Å². The maximum absolute atomic E-state index is 10.1. The van der Waals surface area contributed by atoms with Gasteiger partial charge < -0.3 is 5.11 Å². The molecule has 0 fully saturated rings. The number of aliphatic hydroxyl groups is 1. The molecule has 0 saturated heterocycles. The third-order valence-corrected chi connectivity index (χ3v) is 3.91. The van der Waals surface area contributed by atoms with Crippen LogP contribution in [0.1, 0.15) is 22.2 Å². The summed E-state index contributed by atoms with van der Waals surface area (Å²) in [5.41, 5.74) is 4.13. The predicted octanol–water partition coefficient (Wildman–Crippen LogP) is 2.72. The molecule has 2 rings (SSSR count). The van der Waals surface area contributed by atoms with Crippen LogP contribution in [0.5, 0.6) is 0 Å². The second-order valence-electron chi connectivity index (χ2n) is 3.96. The zero-order chi connectivity index (χ0) is 12.3. The number of hydrogen-bond donors (Lipinski definition) is 1. The minimum atomic E-state index is -0.466. The van der Waals surface area contributed by atoms with Crippen molar-refractivity contribution in [2.75, 3.05) is 0 Å². The van der Waals surface area contributed by atoms with Crippen molar-refractivity contribution in [1.82, 2.24) is 0 Å². The summed E-state index contributed by atoms with van der Waals surface area (Å²) < 4.78 is 2.07. The highest BCUT2D eigenvalue weighted by molar-refractivity contribution is 7.10. The number of benzene rings is 1. The van der Waals surface area contributed by atoms with Gasteiger partial charge in [0.05, 0.1) is 4.88 Å². The average molecular weight is 246 g/mol. The lowest BCUT2D eigenvalue weighted by molar-refractivity contribution is -0.705. The number of aliphatic hydroxyl groups excluding tert-OH is 1. The van der Waals surface area contributed by atoms with Crippen LogP contribution in [0.2, 0.25) is 0 Å². The molecule has 2 nitrogen and oxygen atoms in total. The van der Waals surface area contributed by atoms with Crippen molar-refractivity contribution >= 4 is 17.4 Å². The van der Waals surface area contributed by atoms with Gasteiger partial charge in [-0.3, -0.25) is 0 Å². The molecule has 2 aromatic rings. The van der Waals surface area contributed by atoms with E-state index in [1.165, 1.54) is 0 Å². The van der Waals surface area contributed by atoms with Crippen LogP contribution in [0.25, 0.3) is 6.08 Å². The van der Waals surface area contributed by atoms with Gasteiger partial charge in [0.25, 0.3) is 0 Å². The molecule has 1 atom stereocenters. The van der Waals surface area contributed by atoms with E-state index in [0.717, 1.165) is 16.1 Å². The lowest BCUT2D eigenvalue weighted by atomic mass is 10.1. The molecule has 0 amide bonds. The normalized spacial score (nSPS) is 12.4. The summed E-state index contributed by atoms with van der Waals surface area (Å²) in [5.74, 6) is 0. The number of thiazole rings is 1. The first kappa shape index (κ1) is 12.0. The topological polar surface area (TPSA) is 24.1 Å². The van der Waals surface area contributed by atoms with Gasteiger partial charge in [0.1, 0.15) is 6.10 Å². The van der Waals surface area contributed by atoms with E-state index in [1.54, 1.807) is 11.3 Å². The van der Waals surface area contributed by atoms with Crippen LogP contribution in [0.4, 0.5) is 0 Å². The first-order valence-electron chi connectivity index (χ1n) is 5.55. The molecule has 0 aliphatic rings. The lowest BCUT2D eigenvalue weighted by Crippen LogP contribution is -2.37. The Balaban J connectivity index is 2.16. The van der Waals surface area contributed by atoms with Gasteiger partial charge in [-0.1, -0.05) is 48.2 Å². The average Bonchev–Trinajstić information content (AvgIpc) is 2.71. The van der Waals surface area contributed by atoms with Crippen molar-refractivity contribution in [2.24, 2.45) is 0 Å². The molecular formula is C14H16NOS+. The van der Waals surface area contributed by atoms with Crippen LogP contribution in [0.3, 0.4) is 0 Å². The SMILES string of the molecule is C=Cc1sc[n+](CC(O)c2ccccc2)c1C. The highest BCUT2D eigenvalue weighted by Gasteiger charge is 2.18. The molecule has 1 N–H and O–H groups in total. The number of aromatic nitrogens is 1. The Morgan fingerprint density at radius 1 is 1.41 bits per heavy atom. The Morgan fingerprint density at radius 2 is 2.12 bits per heavy atom. The smallest absolute Gasteiger partial charge is 0.225 e. The second kappa shape index (κ2) is 5.25. The highest BCUT2D eigenvalue weighted by atomic mass is 32.1. The maximum atomic E-state index is 10.1.